The fourth-order valence-corrected chi connectivity index (χ4v) is 2.26. The van der Waals surface area contributed by atoms with Crippen LogP contribution in [0.2, 0.25) is 0 Å². The topological polar surface area (TPSA) is 54.3 Å². The number of rotatable bonds is 4. The summed E-state index contributed by atoms with van der Waals surface area (Å²) in [6, 6.07) is 8.16. The molecule has 4 nitrogen and oxygen atoms in total. The number of aliphatic hydroxyl groups is 1. The maximum atomic E-state index is 13.9. The van der Waals surface area contributed by atoms with Crippen molar-refractivity contribution in [3.63, 3.8) is 0 Å². The van der Waals surface area contributed by atoms with E-state index in [4.69, 9.17) is 5.11 Å². The minimum absolute atomic E-state index is 0.113. The average Bonchev–Trinajstić information content (AvgIpc) is 2.72. The Morgan fingerprint density at radius 2 is 2.05 bits per heavy atom. The molecule has 2 N–H and O–H groups in total. The molecule has 1 aromatic heterocycles. The van der Waals surface area contributed by atoms with Crippen molar-refractivity contribution in [3.8, 4) is 5.69 Å². The Hall–Kier alpha value is -2.14. The lowest BCUT2D eigenvalue weighted by Crippen LogP contribution is -2.26. The summed E-state index contributed by atoms with van der Waals surface area (Å²) >= 11 is 0. The first-order valence-corrected chi connectivity index (χ1v) is 6.39. The lowest BCUT2D eigenvalue weighted by molar-refractivity contribution is 0.0944. The molecular formula is C15H17FN2O2. The SMILES string of the molecule is Cc1cc(C(=O)NCCO)c(C)n1-c1ccccc1F. The molecule has 0 saturated carbocycles. The molecule has 1 amide bonds. The quantitative estimate of drug-likeness (QED) is 0.897. The van der Waals surface area contributed by atoms with Crippen molar-refractivity contribution in [2.75, 3.05) is 13.2 Å². The van der Waals surface area contributed by atoms with Crippen LogP contribution in [0.5, 0.6) is 0 Å². The minimum atomic E-state index is -0.336. The van der Waals surface area contributed by atoms with Crippen molar-refractivity contribution in [2.45, 2.75) is 13.8 Å². The van der Waals surface area contributed by atoms with Crippen molar-refractivity contribution >= 4 is 5.91 Å². The predicted octanol–water partition coefficient (Wildman–Crippen LogP) is 1.96. The number of nitrogens with one attached hydrogen (secondary N) is 1. The van der Waals surface area contributed by atoms with Crippen molar-refractivity contribution in [3.05, 3.63) is 53.1 Å². The number of aromatic nitrogens is 1. The number of nitrogens with zero attached hydrogens (tertiary/aromatic N) is 1. The summed E-state index contributed by atoms with van der Waals surface area (Å²) in [5.74, 6) is -0.605. The number of halogens is 1. The van der Waals surface area contributed by atoms with E-state index >= 15 is 0 Å². The first-order valence-electron chi connectivity index (χ1n) is 6.39. The van der Waals surface area contributed by atoms with Gasteiger partial charge in [-0.05, 0) is 32.0 Å². The van der Waals surface area contributed by atoms with E-state index in [0.29, 0.717) is 16.9 Å². The lowest BCUT2D eigenvalue weighted by atomic mass is 10.2. The van der Waals surface area contributed by atoms with Gasteiger partial charge in [0.25, 0.3) is 5.91 Å². The summed E-state index contributed by atoms with van der Waals surface area (Å²) in [5, 5.41) is 11.3. The molecule has 0 aliphatic carbocycles. The summed E-state index contributed by atoms with van der Waals surface area (Å²) in [6.07, 6.45) is 0. The van der Waals surface area contributed by atoms with Gasteiger partial charge in [-0.2, -0.15) is 0 Å². The standard InChI is InChI=1S/C15H17FN2O2/c1-10-9-12(15(20)17-7-8-19)11(2)18(10)14-6-4-3-5-13(14)16/h3-6,9,19H,7-8H2,1-2H3,(H,17,20). The first kappa shape index (κ1) is 14.3. The van der Waals surface area contributed by atoms with Crippen LogP contribution in [0.25, 0.3) is 5.69 Å². The molecule has 1 heterocycles. The molecule has 0 spiro atoms. The van der Waals surface area contributed by atoms with Crippen molar-refractivity contribution in [1.29, 1.82) is 0 Å². The van der Waals surface area contributed by atoms with E-state index in [9.17, 15) is 9.18 Å². The zero-order valence-electron chi connectivity index (χ0n) is 11.5. The lowest BCUT2D eigenvalue weighted by Gasteiger charge is -2.10. The molecule has 0 atom stereocenters. The van der Waals surface area contributed by atoms with Crippen LogP contribution in [0.3, 0.4) is 0 Å². The Labute approximate surface area is 116 Å². The van der Waals surface area contributed by atoms with E-state index in [0.717, 1.165) is 5.69 Å². The van der Waals surface area contributed by atoms with Crippen LogP contribution in [0.4, 0.5) is 4.39 Å². The molecule has 2 aromatic rings. The summed E-state index contributed by atoms with van der Waals surface area (Å²) in [5.41, 5.74) is 2.35. The highest BCUT2D eigenvalue weighted by molar-refractivity contribution is 5.95. The number of aliphatic hydroxyl groups excluding tert-OH is 1. The number of aryl methyl sites for hydroxylation is 1. The molecule has 20 heavy (non-hydrogen) atoms. The van der Waals surface area contributed by atoms with Gasteiger partial charge < -0.3 is 15.0 Å². The smallest absolute Gasteiger partial charge is 0.253 e. The molecule has 0 fully saturated rings. The maximum absolute atomic E-state index is 13.9. The van der Waals surface area contributed by atoms with Gasteiger partial charge in [0.1, 0.15) is 5.82 Å². The summed E-state index contributed by atoms with van der Waals surface area (Å²) in [7, 11) is 0. The van der Waals surface area contributed by atoms with Gasteiger partial charge in [-0.15, -0.1) is 0 Å². The van der Waals surface area contributed by atoms with Crippen molar-refractivity contribution < 1.29 is 14.3 Å². The molecule has 0 aliphatic heterocycles. The van der Waals surface area contributed by atoms with Gasteiger partial charge in [-0.1, -0.05) is 12.1 Å². The molecule has 0 bridgehead atoms. The number of benzene rings is 1. The summed E-state index contributed by atoms with van der Waals surface area (Å²) < 4.78 is 15.6. The van der Waals surface area contributed by atoms with E-state index in [1.807, 2.05) is 6.92 Å². The van der Waals surface area contributed by atoms with Crippen molar-refractivity contribution in [2.24, 2.45) is 0 Å². The first-order chi connectivity index (χ1) is 9.56. The van der Waals surface area contributed by atoms with Gasteiger partial charge in [-0.25, -0.2) is 4.39 Å². The third-order valence-corrected chi connectivity index (χ3v) is 3.17. The van der Waals surface area contributed by atoms with Gasteiger partial charge in [0.2, 0.25) is 0 Å². The number of amides is 1. The molecule has 106 valence electrons. The van der Waals surface area contributed by atoms with E-state index in [1.165, 1.54) is 6.07 Å². The molecule has 2 rings (SSSR count). The molecule has 0 radical (unpaired) electrons. The van der Waals surface area contributed by atoms with Crippen LogP contribution in [0.15, 0.2) is 30.3 Å². The number of para-hydroxylation sites is 1. The number of carbonyl (C=O) groups is 1. The normalized spacial score (nSPS) is 10.6. The van der Waals surface area contributed by atoms with Crippen LogP contribution in [0.1, 0.15) is 21.7 Å². The Morgan fingerprint density at radius 1 is 1.35 bits per heavy atom. The minimum Gasteiger partial charge on any atom is -0.395 e. The second kappa shape index (κ2) is 5.88. The molecular weight excluding hydrogens is 259 g/mol. The zero-order chi connectivity index (χ0) is 14.7. The largest absolute Gasteiger partial charge is 0.395 e. The van der Waals surface area contributed by atoms with Crippen LogP contribution in [-0.2, 0) is 0 Å². The highest BCUT2D eigenvalue weighted by Crippen LogP contribution is 2.22. The van der Waals surface area contributed by atoms with E-state index in [-0.39, 0.29) is 24.9 Å². The van der Waals surface area contributed by atoms with Crippen LogP contribution in [-0.4, -0.2) is 28.7 Å². The second-order valence-corrected chi connectivity index (χ2v) is 4.55. The zero-order valence-corrected chi connectivity index (χ0v) is 11.5. The van der Waals surface area contributed by atoms with Gasteiger partial charge in [0, 0.05) is 17.9 Å². The van der Waals surface area contributed by atoms with Crippen LogP contribution in [0, 0.1) is 19.7 Å². The Morgan fingerprint density at radius 3 is 2.70 bits per heavy atom. The van der Waals surface area contributed by atoms with Crippen LogP contribution < -0.4 is 5.32 Å². The van der Waals surface area contributed by atoms with Crippen molar-refractivity contribution in [1.82, 2.24) is 9.88 Å². The van der Waals surface area contributed by atoms with E-state index in [1.54, 1.807) is 35.8 Å². The monoisotopic (exact) mass is 276 g/mol. The number of hydrogen-bond acceptors (Lipinski definition) is 2. The van der Waals surface area contributed by atoms with E-state index in [2.05, 4.69) is 5.32 Å². The van der Waals surface area contributed by atoms with Gasteiger partial charge in [-0.3, -0.25) is 4.79 Å². The maximum Gasteiger partial charge on any atom is 0.253 e. The third kappa shape index (κ3) is 2.58. The van der Waals surface area contributed by atoms with Gasteiger partial charge in [0.15, 0.2) is 0 Å². The predicted molar refractivity (Wildman–Crippen MR) is 74.6 cm³/mol. The molecule has 0 saturated heterocycles. The number of hydrogen-bond donors (Lipinski definition) is 2. The molecule has 5 heteroatoms. The highest BCUT2D eigenvalue weighted by atomic mass is 19.1. The molecule has 0 unspecified atom stereocenters. The molecule has 0 aliphatic rings. The fourth-order valence-electron chi connectivity index (χ4n) is 2.26. The van der Waals surface area contributed by atoms with Gasteiger partial charge >= 0.3 is 0 Å². The third-order valence-electron chi connectivity index (χ3n) is 3.17. The van der Waals surface area contributed by atoms with E-state index < -0.39 is 0 Å². The average molecular weight is 276 g/mol. The van der Waals surface area contributed by atoms with Crippen LogP contribution >= 0.6 is 0 Å². The fraction of sp³-hybridized carbons (Fsp3) is 0.267. The Kier molecular flexibility index (Phi) is 4.20. The second-order valence-electron chi connectivity index (χ2n) is 4.55. The summed E-state index contributed by atoms with van der Waals surface area (Å²) in [4.78, 5) is 12.0. The highest BCUT2D eigenvalue weighted by Gasteiger charge is 2.17. The Balaban J connectivity index is 2.45. The molecule has 1 aromatic carbocycles. The summed E-state index contributed by atoms with van der Waals surface area (Å²) in [6.45, 7) is 3.68. The van der Waals surface area contributed by atoms with Gasteiger partial charge in [0.05, 0.1) is 17.9 Å². The Bertz CT molecular complexity index is 635. The number of carbonyl (C=O) groups excluding carboxylic acids is 1.